The maximum atomic E-state index is 11.3. The monoisotopic (exact) mass is 317 g/mol. The Morgan fingerprint density at radius 3 is 2.70 bits per heavy atom. The van der Waals surface area contributed by atoms with Gasteiger partial charge in [-0.2, -0.15) is 0 Å². The number of rotatable bonds is 6. The standard InChI is InChI=1S/C17H23N3O3/c1-12-7-5-8-13(11-12)23-10-6-9-20-15(17(2,3)4)14(16(21)22)18-19-20/h5,7-8,11H,6,9-10H2,1-4H3,(H,21,22). The number of benzene rings is 1. The molecule has 0 bridgehead atoms. The number of aryl methyl sites for hydroxylation is 2. The fourth-order valence-electron chi connectivity index (χ4n) is 2.47. The van der Waals surface area contributed by atoms with Crippen molar-refractivity contribution < 1.29 is 14.6 Å². The Hall–Kier alpha value is -2.37. The van der Waals surface area contributed by atoms with Crippen LogP contribution in [0.1, 0.15) is 48.9 Å². The molecule has 2 aromatic rings. The van der Waals surface area contributed by atoms with Gasteiger partial charge < -0.3 is 9.84 Å². The van der Waals surface area contributed by atoms with E-state index < -0.39 is 5.97 Å². The minimum absolute atomic E-state index is 0.0251. The summed E-state index contributed by atoms with van der Waals surface area (Å²) in [4.78, 5) is 11.3. The molecule has 0 saturated heterocycles. The van der Waals surface area contributed by atoms with Gasteiger partial charge >= 0.3 is 5.97 Å². The molecule has 0 spiro atoms. The molecule has 124 valence electrons. The van der Waals surface area contributed by atoms with Gasteiger partial charge in [-0.25, -0.2) is 9.48 Å². The topological polar surface area (TPSA) is 77.2 Å². The molecule has 0 aliphatic rings. The summed E-state index contributed by atoms with van der Waals surface area (Å²) < 4.78 is 7.38. The third kappa shape index (κ3) is 4.31. The first-order valence-corrected chi connectivity index (χ1v) is 7.66. The number of carboxylic acid groups (broad SMARTS) is 1. The molecule has 0 aliphatic carbocycles. The molecule has 1 aromatic heterocycles. The van der Waals surface area contributed by atoms with Gasteiger partial charge in [0.1, 0.15) is 5.75 Å². The minimum atomic E-state index is -1.04. The summed E-state index contributed by atoms with van der Waals surface area (Å²) in [6.07, 6.45) is 0.722. The van der Waals surface area contributed by atoms with Crippen LogP contribution in [0.15, 0.2) is 24.3 Å². The molecule has 6 nitrogen and oxygen atoms in total. The van der Waals surface area contributed by atoms with E-state index in [0.717, 1.165) is 17.7 Å². The highest BCUT2D eigenvalue weighted by Crippen LogP contribution is 2.25. The molecule has 0 saturated carbocycles. The summed E-state index contributed by atoms with van der Waals surface area (Å²) in [6, 6.07) is 7.88. The Labute approximate surface area is 136 Å². The largest absolute Gasteiger partial charge is 0.494 e. The highest BCUT2D eigenvalue weighted by Gasteiger charge is 2.28. The van der Waals surface area contributed by atoms with E-state index in [9.17, 15) is 9.90 Å². The van der Waals surface area contributed by atoms with Gasteiger partial charge in [0.2, 0.25) is 0 Å². The predicted molar refractivity (Wildman–Crippen MR) is 87.0 cm³/mol. The van der Waals surface area contributed by atoms with Gasteiger partial charge in [-0.15, -0.1) is 5.10 Å². The lowest BCUT2D eigenvalue weighted by Crippen LogP contribution is -2.22. The van der Waals surface area contributed by atoms with Crippen LogP contribution >= 0.6 is 0 Å². The summed E-state index contributed by atoms with van der Waals surface area (Å²) in [5, 5.41) is 17.0. The Balaban J connectivity index is 2.00. The van der Waals surface area contributed by atoms with Crippen LogP contribution in [-0.4, -0.2) is 32.7 Å². The summed E-state index contributed by atoms with van der Waals surface area (Å²) in [6.45, 7) is 8.99. The number of hydrogen-bond donors (Lipinski definition) is 1. The van der Waals surface area contributed by atoms with E-state index in [4.69, 9.17) is 4.74 Å². The van der Waals surface area contributed by atoms with Gasteiger partial charge in [-0.1, -0.05) is 38.1 Å². The van der Waals surface area contributed by atoms with E-state index in [1.165, 1.54) is 0 Å². The summed E-state index contributed by atoms with van der Waals surface area (Å²) in [7, 11) is 0. The average molecular weight is 317 g/mol. The Kier molecular flexibility index (Phi) is 5.03. The molecular weight excluding hydrogens is 294 g/mol. The molecule has 6 heteroatoms. The van der Waals surface area contributed by atoms with Crippen molar-refractivity contribution in [1.29, 1.82) is 0 Å². The molecule has 0 unspecified atom stereocenters. The van der Waals surface area contributed by atoms with Gasteiger partial charge in [-0.05, 0) is 24.6 Å². The number of aromatic nitrogens is 3. The van der Waals surface area contributed by atoms with Crippen molar-refractivity contribution in [3.8, 4) is 5.75 Å². The normalized spacial score (nSPS) is 11.5. The zero-order valence-corrected chi connectivity index (χ0v) is 14.0. The first-order valence-electron chi connectivity index (χ1n) is 7.66. The average Bonchev–Trinajstić information content (AvgIpc) is 2.88. The van der Waals surface area contributed by atoms with E-state index in [-0.39, 0.29) is 11.1 Å². The Morgan fingerprint density at radius 2 is 2.09 bits per heavy atom. The van der Waals surface area contributed by atoms with Crippen LogP contribution in [-0.2, 0) is 12.0 Å². The van der Waals surface area contributed by atoms with Gasteiger partial charge in [0.05, 0.1) is 12.3 Å². The lowest BCUT2D eigenvalue weighted by molar-refractivity contribution is 0.0687. The van der Waals surface area contributed by atoms with Crippen LogP contribution in [0, 0.1) is 6.92 Å². The van der Waals surface area contributed by atoms with E-state index in [0.29, 0.717) is 18.8 Å². The first-order chi connectivity index (χ1) is 10.8. The van der Waals surface area contributed by atoms with Crippen molar-refractivity contribution in [3.05, 3.63) is 41.2 Å². The van der Waals surface area contributed by atoms with Crippen molar-refractivity contribution >= 4 is 5.97 Å². The minimum Gasteiger partial charge on any atom is -0.494 e. The molecular formula is C17H23N3O3. The molecule has 2 rings (SSSR count). The smallest absolute Gasteiger partial charge is 0.358 e. The quantitative estimate of drug-likeness (QED) is 0.829. The third-order valence-electron chi connectivity index (χ3n) is 3.42. The molecule has 0 aliphatic heterocycles. The SMILES string of the molecule is Cc1cccc(OCCCn2nnc(C(=O)O)c2C(C)(C)C)c1. The van der Waals surface area contributed by atoms with Crippen LogP contribution < -0.4 is 4.74 Å². The van der Waals surface area contributed by atoms with Crippen LogP contribution in [0.5, 0.6) is 5.75 Å². The number of carboxylic acids is 1. The number of carbonyl (C=O) groups is 1. The second-order valence-corrected chi connectivity index (χ2v) is 6.58. The summed E-state index contributed by atoms with van der Waals surface area (Å²) >= 11 is 0. The van der Waals surface area contributed by atoms with Crippen LogP contribution in [0.2, 0.25) is 0 Å². The number of ether oxygens (including phenoxy) is 1. The zero-order valence-electron chi connectivity index (χ0n) is 14.0. The van der Waals surface area contributed by atoms with E-state index in [1.807, 2.05) is 52.0 Å². The van der Waals surface area contributed by atoms with Crippen molar-refractivity contribution in [2.24, 2.45) is 0 Å². The molecule has 0 amide bonds. The number of nitrogens with zero attached hydrogens (tertiary/aromatic N) is 3. The molecule has 0 fully saturated rings. The molecule has 23 heavy (non-hydrogen) atoms. The predicted octanol–water partition coefficient (Wildman–Crippen LogP) is 3.05. The van der Waals surface area contributed by atoms with E-state index >= 15 is 0 Å². The van der Waals surface area contributed by atoms with E-state index in [2.05, 4.69) is 10.3 Å². The molecule has 0 atom stereocenters. The fraction of sp³-hybridized carbons (Fsp3) is 0.471. The third-order valence-corrected chi connectivity index (χ3v) is 3.42. The zero-order chi connectivity index (χ0) is 17.0. The molecule has 1 heterocycles. The maximum Gasteiger partial charge on any atom is 0.358 e. The summed E-state index contributed by atoms with van der Waals surface area (Å²) in [5.41, 5.74) is 1.48. The van der Waals surface area contributed by atoms with Gasteiger partial charge in [0, 0.05) is 18.4 Å². The van der Waals surface area contributed by atoms with Gasteiger partial charge in [0.25, 0.3) is 0 Å². The Morgan fingerprint density at radius 1 is 1.35 bits per heavy atom. The second kappa shape index (κ2) is 6.81. The van der Waals surface area contributed by atoms with Crippen LogP contribution in [0.25, 0.3) is 0 Å². The van der Waals surface area contributed by atoms with Gasteiger partial charge in [0.15, 0.2) is 5.69 Å². The van der Waals surface area contributed by atoms with Crippen LogP contribution in [0.3, 0.4) is 0 Å². The number of hydrogen-bond acceptors (Lipinski definition) is 4. The lowest BCUT2D eigenvalue weighted by Gasteiger charge is -2.20. The highest BCUT2D eigenvalue weighted by atomic mass is 16.5. The molecule has 1 aromatic carbocycles. The van der Waals surface area contributed by atoms with E-state index in [1.54, 1.807) is 4.68 Å². The van der Waals surface area contributed by atoms with Crippen molar-refractivity contribution in [3.63, 3.8) is 0 Å². The lowest BCUT2D eigenvalue weighted by atomic mass is 9.90. The summed E-state index contributed by atoms with van der Waals surface area (Å²) in [5.74, 6) is -0.206. The number of aromatic carboxylic acids is 1. The maximum absolute atomic E-state index is 11.3. The van der Waals surface area contributed by atoms with Crippen molar-refractivity contribution in [1.82, 2.24) is 15.0 Å². The second-order valence-electron chi connectivity index (χ2n) is 6.58. The van der Waals surface area contributed by atoms with Crippen molar-refractivity contribution in [2.45, 2.75) is 46.1 Å². The Bertz CT molecular complexity index is 687. The van der Waals surface area contributed by atoms with Gasteiger partial charge in [-0.3, -0.25) is 0 Å². The highest BCUT2D eigenvalue weighted by molar-refractivity contribution is 5.86. The van der Waals surface area contributed by atoms with Crippen molar-refractivity contribution in [2.75, 3.05) is 6.61 Å². The fourth-order valence-corrected chi connectivity index (χ4v) is 2.47. The molecule has 0 radical (unpaired) electrons. The first kappa shape index (κ1) is 17.0. The van der Waals surface area contributed by atoms with Crippen LogP contribution in [0.4, 0.5) is 0 Å². The molecule has 1 N–H and O–H groups in total.